The van der Waals surface area contributed by atoms with E-state index >= 15 is 0 Å². The molecule has 1 saturated heterocycles. The van der Waals surface area contributed by atoms with Crippen LogP contribution in [0.4, 0.5) is 0 Å². The number of nitrogens with zero attached hydrogens (tertiary/aromatic N) is 1. The van der Waals surface area contributed by atoms with Gasteiger partial charge in [0.1, 0.15) is 0 Å². The molecule has 1 aliphatic heterocycles. The van der Waals surface area contributed by atoms with E-state index in [9.17, 15) is 13.2 Å². The molecule has 3 rings (SSSR count). The van der Waals surface area contributed by atoms with E-state index in [1.807, 2.05) is 42.2 Å². The van der Waals surface area contributed by atoms with Crippen molar-refractivity contribution in [1.82, 2.24) is 9.62 Å². The molecule has 1 heterocycles. The van der Waals surface area contributed by atoms with E-state index in [1.54, 1.807) is 0 Å². The molecule has 0 bridgehead atoms. The van der Waals surface area contributed by atoms with E-state index in [0.717, 1.165) is 35.9 Å². The van der Waals surface area contributed by atoms with Gasteiger partial charge in [-0.2, -0.15) is 0 Å². The summed E-state index contributed by atoms with van der Waals surface area (Å²) in [6, 6.07) is 17.6. The zero-order valence-electron chi connectivity index (χ0n) is 16.0. The third-order valence-electron chi connectivity index (χ3n) is 4.92. The van der Waals surface area contributed by atoms with Crippen LogP contribution < -0.4 is 4.72 Å². The van der Waals surface area contributed by atoms with Crippen LogP contribution >= 0.6 is 0 Å². The van der Waals surface area contributed by atoms with E-state index in [1.165, 1.54) is 11.6 Å². The van der Waals surface area contributed by atoms with Gasteiger partial charge in [0.2, 0.25) is 15.9 Å². The first-order valence-electron chi connectivity index (χ1n) is 9.53. The fourth-order valence-corrected chi connectivity index (χ4v) is 4.24. The molecule has 2 aromatic rings. The Kier molecular flexibility index (Phi) is 6.65. The number of rotatable bonds is 7. The normalized spacial score (nSPS) is 17.3. The molecule has 1 fully saturated rings. The smallest absolute Gasteiger partial charge is 0.233 e. The molecular weight excluding hydrogens is 372 g/mol. The lowest BCUT2D eigenvalue weighted by Crippen LogP contribution is -2.33. The number of carbonyl (C=O) groups excluding carboxylic acids is 1. The van der Waals surface area contributed by atoms with Crippen LogP contribution in [0, 0.1) is 6.92 Å². The summed E-state index contributed by atoms with van der Waals surface area (Å²) in [5.41, 5.74) is 3.14. The maximum atomic E-state index is 12.6. The van der Waals surface area contributed by atoms with Gasteiger partial charge in [-0.15, -0.1) is 0 Å². The van der Waals surface area contributed by atoms with Gasteiger partial charge in [-0.25, -0.2) is 13.1 Å². The van der Waals surface area contributed by atoms with E-state index in [-0.39, 0.29) is 24.9 Å². The summed E-state index contributed by atoms with van der Waals surface area (Å²) in [5, 5.41) is 1.14. The molecule has 1 N–H and O–H groups in total. The summed E-state index contributed by atoms with van der Waals surface area (Å²) in [7, 11) is -3.57. The van der Waals surface area contributed by atoms with Gasteiger partial charge in [0.25, 0.3) is 0 Å². The van der Waals surface area contributed by atoms with Crippen molar-refractivity contribution in [2.45, 2.75) is 32.2 Å². The molecule has 6 heteroatoms. The molecule has 0 spiro atoms. The SMILES string of the molecule is Cc1ccc(C2CCCN2C(=O)CCNS(=O)(=O)C=Cc2ccccc2)cc1. The Morgan fingerprint density at radius 3 is 2.57 bits per heavy atom. The molecule has 1 atom stereocenters. The van der Waals surface area contributed by atoms with Crippen LogP contribution in [0.1, 0.15) is 42.0 Å². The molecule has 0 aliphatic carbocycles. The van der Waals surface area contributed by atoms with Crippen LogP contribution in [0.25, 0.3) is 6.08 Å². The molecule has 1 amide bonds. The van der Waals surface area contributed by atoms with Gasteiger partial charge >= 0.3 is 0 Å². The highest BCUT2D eigenvalue weighted by Gasteiger charge is 2.29. The molecule has 0 radical (unpaired) electrons. The second-order valence-electron chi connectivity index (χ2n) is 7.06. The number of nitrogens with one attached hydrogen (secondary N) is 1. The zero-order chi connectivity index (χ0) is 20.0. The average molecular weight is 399 g/mol. The van der Waals surface area contributed by atoms with Gasteiger partial charge in [0, 0.05) is 24.9 Å². The monoisotopic (exact) mass is 398 g/mol. The molecule has 1 unspecified atom stereocenters. The largest absolute Gasteiger partial charge is 0.336 e. The second kappa shape index (κ2) is 9.17. The topological polar surface area (TPSA) is 66.5 Å². The number of hydrogen-bond donors (Lipinski definition) is 1. The average Bonchev–Trinajstić information content (AvgIpc) is 3.18. The standard InChI is InChI=1S/C22H26N2O3S/c1-18-9-11-20(12-10-18)21-8-5-16-24(21)22(25)13-15-23-28(26,27)17-14-19-6-3-2-4-7-19/h2-4,6-7,9-12,14,17,21,23H,5,8,13,15-16H2,1H3. The molecular formula is C22H26N2O3S. The maximum Gasteiger partial charge on any atom is 0.233 e. The predicted octanol–water partition coefficient (Wildman–Crippen LogP) is 3.64. The third-order valence-corrected chi connectivity index (χ3v) is 6.02. The van der Waals surface area contributed by atoms with E-state index in [2.05, 4.69) is 29.0 Å². The second-order valence-corrected chi connectivity index (χ2v) is 8.71. The van der Waals surface area contributed by atoms with Crippen molar-refractivity contribution in [2.75, 3.05) is 13.1 Å². The lowest BCUT2D eigenvalue weighted by atomic mass is 10.0. The number of sulfonamides is 1. The van der Waals surface area contributed by atoms with Gasteiger partial charge in [-0.05, 0) is 37.0 Å². The number of carbonyl (C=O) groups is 1. The summed E-state index contributed by atoms with van der Waals surface area (Å²) in [4.78, 5) is 14.5. The number of amides is 1. The number of likely N-dealkylation sites (tertiary alicyclic amines) is 1. The van der Waals surface area contributed by atoms with Crippen LogP contribution in [-0.4, -0.2) is 32.3 Å². The molecule has 0 aromatic heterocycles. The summed E-state index contributed by atoms with van der Waals surface area (Å²) >= 11 is 0. The van der Waals surface area contributed by atoms with Crippen LogP contribution in [0.5, 0.6) is 0 Å². The zero-order valence-corrected chi connectivity index (χ0v) is 16.9. The molecule has 1 aliphatic rings. The van der Waals surface area contributed by atoms with E-state index < -0.39 is 10.0 Å². The Balaban J connectivity index is 1.53. The van der Waals surface area contributed by atoms with Gasteiger partial charge in [0.15, 0.2) is 0 Å². The lowest BCUT2D eigenvalue weighted by molar-refractivity contribution is -0.131. The number of benzene rings is 2. The Hall–Kier alpha value is -2.44. The van der Waals surface area contributed by atoms with Crippen molar-refractivity contribution in [2.24, 2.45) is 0 Å². The molecule has 28 heavy (non-hydrogen) atoms. The molecule has 148 valence electrons. The van der Waals surface area contributed by atoms with Crippen LogP contribution in [-0.2, 0) is 14.8 Å². The first-order valence-corrected chi connectivity index (χ1v) is 11.1. The summed E-state index contributed by atoms with van der Waals surface area (Å²) in [6.45, 7) is 2.86. The van der Waals surface area contributed by atoms with Crippen LogP contribution in [0.15, 0.2) is 60.0 Å². The minimum atomic E-state index is -3.57. The van der Waals surface area contributed by atoms with Crippen molar-refractivity contribution in [3.63, 3.8) is 0 Å². The lowest BCUT2D eigenvalue weighted by Gasteiger charge is -2.25. The van der Waals surface area contributed by atoms with E-state index in [0.29, 0.717) is 0 Å². The molecule has 0 saturated carbocycles. The van der Waals surface area contributed by atoms with Crippen molar-refractivity contribution < 1.29 is 13.2 Å². The number of hydrogen-bond acceptors (Lipinski definition) is 3. The maximum absolute atomic E-state index is 12.6. The Labute approximate surface area is 167 Å². The summed E-state index contributed by atoms with van der Waals surface area (Å²) < 4.78 is 26.7. The van der Waals surface area contributed by atoms with Crippen molar-refractivity contribution in [3.05, 3.63) is 76.7 Å². The summed E-state index contributed by atoms with van der Waals surface area (Å²) in [6.07, 6.45) is 3.61. The van der Waals surface area contributed by atoms with Crippen LogP contribution in [0.2, 0.25) is 0 Å². The van der Waals surface area contributed by atoms with Crippen molar-refractivity contribution in [3.8, 4) is 0 Å². The quantitative estimate of drug-likeness (QED) is 0.774. The minimum absolute atomic E-state index is 0.0159. The molecule has 5 nitrogen and oxygen atoms in total. The fourth-order valence-electron chi connectivity index (χ4n) is 3.42. The highest BCUT2D eigenvalue weighted by molar-refractivity contribution is 7.92. The van der Waals surface area contributed by atoms with Gasteiger partial charge in [-0.3, -0.25) is 4.79 Å². The highest BCUT2D eigenvalue weighted by Crippen LogP contribution is 2.32. The van der Waals surface area contributed by atoms with E-state index in [4.69, 9.17) is 0 Å². The molecule has 2 aromatic carbocycles. The fraction of sp³-hybridized carbons (Fsp3) is 0.318. The van der Waals surface area contributed by atoms with Gasteiger partial charge in [0.05, 0.1) is 6.04 Å². The van der Waals surface area contributed by atoms with Gasteiger partial charge < -0.3 is 4.90 Å². The van der Waals surface area contributed by atoms with Crippen molar-refractivity contribution in [1.29, 1.82) is 0 Å². The Morgan fingerprint density at radius 2 is 1.86 bits per heavy atom. The van der Waals surface area contributed by atoms with Crippen molar-refractivity contribution >= 4 is 22.0 Å². The Bertz CT molecular complexity index is 922. The summed E-state index contributed by atoms with van der Waals surface area (Å²) in [5.74, 6) is -0.0159. The number of aryl methyl sites for hydroxylation is 1. The predicted molar refractivity (Wildman–Crippen MR) is 112 cm³/mol. The van der Waals surface area contributed by atoms with Crippen LogP contribution in [0.3, 0.4) is 0 Å². The minimum Gasteiger partial charge on any atom is -0.336 e. The van der Waals surface area contributed by atoms with Gasteiger partial charge in [-0.1, -0.05) is 60.2 Å². The Morgan fingerprint density at radius 1 is 1.14 bits per heavy atom. The third kappa shape index (κ3) is 5.53. The first-order chi connectivity index (χ1) is 13.4. The highest BCUT2D eigenvalue weighted by atomic mass is 32.2. The first kappa shape index (κ1) is 20.3.